The van der Waals surface area contributed by atoms with E-state index in [4.69, 9.17) is 28.4 Å². The molecule has 404 valence electrons. The van der Waals surface area contributed by atoms with Crippen LogP contribution in [0, 0.1) is 0 Å². The second-order valence-electron chi connectivity index (χ2n) is 19.4. The summed E-state index contributed by atoms with van der Waals surface area (Å²) in [4.78, 5) is 25.8. The lowest BCUT2D eigenvalue weighted by Gasteiger charge is -2.42. The monoisotopic (exact) mass is 987 g/mol. The summed E-state index contributed by atoms with van der Waals surface area (Å²) >= 11 is 0. The second kappa shape index (κ2) is 41.5. The summed E-state index contributed by atoms with van der Waals surface area (Å²) in [5.41, 5.74) is 0. The van der Waals surface area contributed by atoms with Crippen molar-refractivity contribution in [3.05, 3.63) is 24.3 Å². The molecule has 0 aromatic rings. The zero-order chi connectivity index (χ0) is 50.3. The Bertz CT molecular complexity index is 1300. The average molecular weight is 987 g/mol. The molecule has 2 fully saturated rings. The molecule has 0 spiro atoms. The smallest absolute Gasteiger partial charge is 0.306 e. The molecule has 7 N–H and O–H groups in total. The van der Waals surface area contributed by atoms with E-state index in [0.717, 1.165) is 64.2 Å². The third kappa shape index (κ3) is 29.3. The van der Waals surface area contributed by atoms with Crippen LogP contribution in [0.1, 0.15) is 213 Å². The second-order valence-corrected chi connectivity index (χ2v) is 19.4. The maximum absolute atomic E-state index is 13.0. The maximum Gasteiger partial charge on any atom is 0.306 e. The number of ether oxygens (including phenoxy) is 6. The van der Waals surface area contributed by atoms with Gasteiger partial charge in [-0.3, -0.25) is 9.59 Å². The van der Waals surface area contributed by atoms with Gasteiger partial charge in [0, 0.05) is 12.8 Å². The molecule has 2 rings (SSSR count). The van der Waals surface area contributed by atoms with E-state index < -0.39 is 92.7 Å². The van der Waals surface area contributed by atoms with Crippen molar-refractivity contribution in [1.82, 2.24) is 0 Å². The first kappa shape index (κ1) is 63.1. The van der Waals surface area contributed by atoms with Crippen molar-refractivity contribution in [2.45, 2.75) is 280 Å². The Balaban J connectivity index is 1.78. The molecule has 0 aromatic heterocycles. The molecule has 15 nitrogen and oxygen atoms in total. The standard InChI is InChI=1S/C54H98O15/c1-3-5-7-9-11-13-15-17-19-20-21-22-23-25-27-29-31-33-35-37-46(57)67-42(39-64-45(56)36-34-32-30-28-26-24-18-16-14-12-10-8-6-4-2)40-65-53-52(63)50(61)48(59)44(69-53)41-66-54-51(62)49(60)47(58)43(38-55)68-54/h16-19,42-44,47-55,58-63H,3-15,20-41H2,1-2H3/b18-16+,19-17+/t42-,43+,44+,47-,48-,49?,50?,51?,52?,53+,54+/m1/s1. The molecule has 11 atom stereocenters. The molecule has 2 heterocycles. The summed E-state index contributed by atoms with van der Waals surface area (Å²) in [6.45, 7) is 2.59. The van der Waals surface area contributed by atoms with Gasteiger partial charge in [0.05, 0.1) is 19.8 Å². The fourth-order valence-corrected chi connectivity index (χ4v) is 8.62. The van der Waals surface area contributed by atoms with E-state index in [-0.39, 0.29) is 26.1 Å². The summed E-state index contributed by atoms with van der Waals surface area (Å²) in [7, 11) is 0. The minimum atomic E-state index is -1.76. The summed E-state index contributed by atoms with van der Waals surface area (Å²) in [5, 5.41) is 72.1. The summed E-state index contributed by atoms with van der Waals surface area (Å²) in [5.74, 6) is -0.930. The van der Waals surface area contributed by atoms with Gasteiger partial charge in [0.1, 0.15) is 55.4 Å². The van der Waals surface area contributed by atoms with E-state index in [2.05, 4.69) is 38.2 Å². The first-order valence-electron chi connectivity index (χ1n) is 27.4. The van der Waals surface area contributed by atoms with Crippen molar-refractivity contribution < 1.29 is 73.8 Å². The van der Waals surface area contributed by atoms with Gasteiger partial charge in [-0.05, 0) is 64.2 Å². The number of carbonyl (C=O) groups excluding carboxylic acids is 2. The Morgan fingerprint density at radius 2 is 0.826 bits per heavy atom. The van der Waals surface area contributed by atoms with Crippen LogP contribution < -0.4 is 0 Å². The topological polar surface area (TPSA) is 231 Å². The molecular weight excluding hydrogens is 889 g/mol. The van der Waals surface area contributed by atoms with E-state index >= 15 is 0 Å². The van der Waals surface area contributed by atoms with Gasteiger partial charge in [0.25, 0.3) is 0 Å². The Morgan fingerprint density at radius 1 is 0.449 bits per heavy atom. The average Bonchev–Trinajstić information content (AvgIpc) is 3.34. The number of rotatable bonds is 43. The quantitative estimate of drug-likeness (QED) is 0.0173. The summed E-state index contributed by atoms with van der Waals surface area (Å²) in [6.07, 6.45) is 26.3. The number of aliphatic hydroxyl groups excluding tert-OH is 7. The van der Waals surface area contributed by atoms with Gasteiger partial charge in [-0.2, -0.15) is 0 Å². The lowest BCUT2D eigenvalue weighted by Crippen LogP contribution is -2.61. The fourth-order valence-electron chi connectivity index (χ4n) is 8.62. The molecule has 0 amide bonds. The molecule has 0 aliphatic carbocycles. The molecule has 4 unspecified atom stereocenters. The van der Waals surface area contributed by atoms with Gasteiger partial charge < -0.3 is 64.2 Å². The van der Waals surface area contributed by atoms with E-state index in [0.29, 0.717) is 12.8 Å². The number of hydrogen-bond acceptors (Lipinski definition) is 15. The van der Waals surface area contributed by atoms with Crippen LogP contribution >= 0.6 is 0 Å². The molecule has 0 bridgehead atoms. The van der Waals surface area contributed by atoms with Crippen LogP contribution in [0.4, 0.5) is 0 Å². The van der Waals surface area contributed by atoms with E-state index in [1.807, 2.05) is 0 Å². The number of carbonyl (C=O) groups is 2. The molecular formula is C54H98O15. The van der Waals surface area contributed by atoms with Crippen LogP contribution in [-0.2, 0) is 38.0 Å². The third-order valence-electron chi connectivity index (χ3n) is 13.2. The van der Waals surface area contributed by atoms with E-state index in [9.17, 15) is 45.3 Å². The van der Waals surface area contributed by atoms with Crippen LogP contribution in [0.25, 0.3) is 0 Å². The van der Waals surface area contributed by atoms with Crippen LogP contribution in [0.3, 0.4) is 0 Å². The van der Waals surface area contributed by atoms with Gasteiger partial charge in [-0.25, -0.2) is 0 Å². The van der Waals surface area contributed by atoms with Crippen molar-refractivity contribution >= 4 is 11.9 Å². The van der Waals surface area contributed by atoms with E-state index in [1.165, 1.54) is 109 Å². The lowest BCUT2D eigenvalue weighted by molar-refractivity contribution is -0.332. The molecule has 2 aliphatic heterocycles. The lowest BCUT2D eigenvalue weighted by atomic mass is 9.98. The number of esters is 2. The molecule has 69 heavy (non-hydrogen) atoms. The predicted octanol–water partition coefficient (Wildman–Crippen LogP) is 8.33. The van der Waals surface area contributed by atoms with Crippen LogP contribution in [0.15, 0.2) is 24.3 Å². The SMILES string of the molecule is CCCCCCC/C=C/CCCCCCCC(=O)OC[C@H](CO[C@H]1O[C@@H](CO[C@H]2O[C@@H](CO)[C@@H](O)C(O)C2O)[C@@H](O)C(O)C1O)OC(=O)CCCCCCCCCCC/C=C/CCCCCCCC. The molecule has 0 saturated carbocycles. The predicted molar refractivity (Wildman–Crippen MR) is 266 cm³/mol. The van der Waals surface area contributed by atoms with Crippen molar-refractivity contribution in [3.63, 3.8) is 0 Å². The van der Waals surface area contributed by atoms with Crippen LogP contribution in [-0.4, -0.2) is 142 Å². The first-order valence-corrected chi connectivity index (χ1v) is 27.4. The minimum Gasteiger partial charge on any atom is -0.462 e. The maximum atomic E-state index is 13.0. The highest BCUT2D eigenvalue weighted by Crippen LogP contribution is 2.26. The Morgan fingerprint density at radius 3 is 1.28 bits per heavy atom. The number of allylic oxidation sites excluding steroid dienone is 4. The minimum absolute atomic E-state index is 0.163. The highest BCUT2D eigenvalue weighted by molar-refractivity contribution is 5.70. The number of hydrogen-bond donors (Lipinski definition) is 7. The largest absolute Gasteiger partial charge is 0.462 e. The normalized spacial score (nSPS) is 25.7. The summed E-state index contributed by atoms with van der Waals surface area (Å²) < 4.78 is 33.6. The summed E-state index contributed by atoms with van der Waals surface area (Å²) in [6, 6.07) is 0. The first-order chi connectivity index (χ1) is 33.5. The number of aliphatic hydroxyl groups is 7. The van der Waals surface area contributed by atoms with Crippen molar-refractivity contribution in [3.8, 4) is 0 Å². The van der Waals surface area contributed by atoms with Crippen LogP contribution in [0.5, 0.6) is 0 Å². The van der Waals surface area contributed by atoms with E-state index in [1.54, 1.807) is 0 Å². The van der Waals surface area contributed by atoms with Crippen LogP contribution in [0.2, 0.25) is 0 Å². The highest BCUT2D eigenvalue weighted by atomic mass is 16.7. The van der Waals surface area contributed by atoms with Gasteiger partial charge in [-0.1, -0.05) is 160 Å². The van der Waals surface area contributed by atoms with Crippen molar-refractivity contribution in [2.75, 3.05) is 26.4 Å². The molecule has 0 aromatic carbocycles. The zero-order valence-electron chi connectivity index (χ0n) is 42.8. The van der Waals surface area contributed by atoms with Gasteiger partial charge in [0.15, 0.2) is 18.7 Å². The van der Waals surface area contributed by atoms with Gasteiger partial charge in [-0.15, -0.1) is 0 Å². The Labute approximate surface area is 415 Å². The Kier molecular flexibility index (Phi) is 37.9. The molecule has 2 saturated heterocycles. The zero-order valence-corrected chi connectivity index (χ0v) is 42.8. The number of unbranched alkanes of at least 4 members (excludes halogenated alkanes) is 25. The molecule has 15 heteroatoms. The molecule has 0 radical (unpaired) electrons. The van der Waals surface area contributed by atoms with Crippen molar-refractivity contribution in [2.24, 2.45) is 0 Å². The molecule has 2 aliphatic rings. The van der Waals surface area contributed by atoms with Gasteiger partial charge in [0.2, 0.25) is 0 Å². The Hall–Kier alpha value is -2.02. The van der Waals surface area contributed by atoms with Crippen molar-refractivity contribution in [1.29, 1.82) is 0 Å². The fraction of sp³-hybridized carbons (Fsp3) is 0.889. The van der Waals surface area contributed by atoms with Gasteiger partial charge >= 0.3 is 11.9 Å². The third-order valence-corrected chi connectivity index (χ3v) is 13.2. The highest BCUT2D eigenvalue weighted by Gasteiger charge is 2.47.